The van der Waals surface area contributed by atoms with E-state index in [2.05, 4.69) is 10.3 Å². The zero-order valence-electron chi connectivity index (χ0n) is 14.4. The molecule has 26 heavy (non-hydrogen) atoms. The van der Waals surface area contributed by atoms with Gasteiger partial charge in [0.15, 0.2) is 5.92 Å². The Bertz CT molecular complexity index is 849. The Morgan fingerprint density at radius 2 is 2.00 bits per heavy atom. The first-order valence-electron chi connectivity index (χ1n) is 8.37. The van der Waals surface area contributed by atoms with Gasteiger partial charge in [-0.15, -0.1) is 0 Å². The highest BCUT2D eigenvalue weighted by atomic mass is 19.1. The molecule has 1 aliphatic heterocycles. The Morgan fingerprint density at radius 3 is 2.73 bits per heavy atom. The van der Waals surface area contributed by atoms with Gasteiger partial charge in [-0.3, -0.25) is 14.6 Å². The molecule has 0 bridgehead atoms. The van der Waals surface area contributed by atoms with Crippen LogP contribution in [0.2, 0.25) is 0 Å². The minimum atomic E-state index is -1.19. The number of fused-ring (bicyclic) bond motifs is 1. The second-order valence-electron chi connectivity index (χ2n) is 5.99. The van der Waals surface area contributed by atoms with Gasteiger partial charge in [-0.25, -0.2) is 4.39 Å². The molecule has 0 aliphatic carbocycles. The third-order valence-corrected chi connectivity index (χ3v) is 4.24. The van der Waals surface area contributed by atoms with Gasteiger partial charge in [0.1, 0.15) is 5.82 Å². The lowest BCUT2D eigenvalue weighted by Gasteiger charge is -2.25. The summed E-state index contributed by atoms with van der Waals surface area (Å²) in [4.78, 5) is 28.9. The summed E-state index contributed by atoms with van der Waals surface area (Å²) in [6, 6.07) is 14.0. The molecule has 0 radical (unpaired) electrons. The minimum Gasteiger partial charge on any atom is -0.468 e. The molecular formula is C20H19FN2O3. The number of hydrogen-bond acceptors (Lipinski definition) is 4. The number of benzene rings is 2. The molecule has 1 amide bonds. The third-order valence-electron chi connectivity index (χ3n) is 4.24. The number of aryl methyl sites for hydroxylation is 1. The van der Waals surface area contributed by atoms with Crippen LogP contribution >= 0.6 is 0 Å². The van der Waals surface area contributed by atoms with Gasteiger partial charge in [-0.2, -0.15) is 0 Å². The maximum absolute atomic E-state index is 13.7. The smallest absolute Gasteiger partial charge is 0.324 e. The number of nitrogens with one attached hydrogen (secondary N) is 1. The molecule has 2 aromatic carbocycles. The fourth-order valence-electron chi connectivity index (χ4n) is 2.96. The van der Waals surface area contributed by atoms with Crippen molar-refractivity contribution >= 4 is 23.3 Å². The van der Waals surface area contributed by atoms with Crippen LogP contribution in [0.1, 0.15) is 17.5 Å². The van der Waals surface area contributed by atoms with Crippen molar-refractivity contribution in [2.45, 2.75) is 12.8 Å². The lowest BCUT2D eigenvalue weighted by Crippen LogP contribution is -2.41. The summed E-state index contributed by atoms with van der Waals surface area (Å²) in [5, 5.41) is 2.61. The molecule has 0 saturated heterocycles. The molecule has 1 heterocycles. The van der Waals surface area contributed by atoms with Crippen LogP contribution in [0.4, 0.5) is 10.1 Å². The second-order valence-corrected chi connectivity index (χ2v) is 5.99. The number of nitrogens with zero attached hydrogens (tertiary/aromatic N) is 1. The molecular weight excluding hydrogens is 335 g/mol. The first-order chi connectivity index (χ1) is 12.6. The van der Waals surface area contributed by atoms with Crippen molar-refractivity contribution in [1.82, 2.24) is 0 Å². The van der Waals surface area contributed by atoms with Gasteiger partial charge < -0.3 is 10.1 Å². The van der Waals surface area contributed by atoms with Gasteiger partial charge in [0.2, 0.25) is 5.91 Å². The molecule has 1 atom stereocenters. The van der Waals surface area contributed by atoms with E-state index in [-0.39, 0.29) is 5.71 Å². The van der Waals surface area contributed by atoms with Gasteiger partial charge in [-0.05, 0) is 36.6 Å². The van der Waals surface area contributed by atoms with Gasteiger partial charge in [0.05, 0.1) is 18.5 Å². The van der Waals surface area contributed by atoms with Crippen molar-refractivity contribution < 1.29 is 18.7 Å². The average Bonchev–Trinajstić information content (AvgIpc) is 2.65. The van der Waals surface area contributed by atoms with Gasteiger partial charge in [-0.1, -0.05) is 30.3 Å². The summed E-state index contributed by atoms with van der Waals surface area (Å²) in [7, 11) is 1.21. The number of carbonyl (C=O) groups excluding carboxylic acids is 2. The molecule has 5 nitrogen and oxygen atoms in total. The maximum Gasteiger partial charge on any atom is 0.324 e. The Kier molecular flexibility index (Phi) is 5.41. The predicted octanol–water partition coefficient (Wildman–Crippen LogP) is 2.99. The van der Waals surface area contributed by atoms with Crippen LogP contribution in [0.5, 0.6) is 0 Å². The van der Waals surface area contributed by atoms with Crippen molar-refractivity contribution in [3.05, 3.63) is 65.5 Å². The summed E-state index contributed by atoms with van der Waals surface area (Å²) in [6.45, 7) is 0.418. The van der Waals surface area contributed by atoms with Crippen molar-refractivity contribution in [2.75, 3.05) is 19.0 Å². The van der Waals surface area contributed by atoms with Crippen LogP contribution in [-0.4, -0.2) is 31.2 Å². The molecule has 0 aromatic heterocycles. The molecule has 1 unspecified atom stereocenters. The summed E-state index contributed by atoms with van der Waals surface area (Å²) >= 11 is 0. The molecule has 0 spiro atoms. The predicted molar refractivity (Wildman–Crippen MR) is 96.7 cm³/mol. The van der Waals surface area contributed by atoms with Crippen molar-refractivity contribution in [1.29, 1.82) is 0 Å². The lowest BCUT2D eigenvalue weighted by molar-refractivity contribution is -0.145. The zero-order valence-corrected chi connectivity index (χ0v) is 14.4. The van der Waals surface area contributed by atoms with E-state index in [4.69, 9.17) is 4.74 Å². The summed E-state index contributed by atoms with van der Waals surface area (Å²) in [6.07, 6.45) is 1.57. The molecule has 2 aromatic rings. The van der Waals surface area contributed by atoms with E-state index in [1.54, 1.807) is 0 Å². The van der Waals surface area contributed by atoms with Crippen molar-refractivity contribution in [3.63, 3.8) is 0 Å². The average molecular weight is 354 g/mol. The molecule has 3 rings (SSSR count). The Morgan fingerprint density at radius 1 is 1.23 bits per heavy atom. The number of anilines is 1. The summed E-state index contributed by atoms with van der Waals surface area (Å²) in [5.41, 5.74) is 2.30. The minimum absolute atomic E-state index is 0.253. The number of carbonyl (C=O) groups is 2. The fourth-order valence-corrected chi connectivity index (χ4v) is 2.96. The highest BCUT2D eigenvalue weighted by molar-refractivity contribution is 6.31. The maximum atomic E-state index is 13.7. The first-order valence-corrected chi connectivity index (χ1v) is 8.37. The van der Waals surface area contributed by atoms with Crippen LogP contribution in [0.25, 0.3) is 0 Å². The Hall–Kier alpha value is -3.02. The van der Waals surface area contributed by atoms with Gasteiger partial charge in [0.25, 0.3) is 0 Å². The van der Waals surface area contributed by atoms with E-state index in [0.29, 0.717) is 17.8 Å². The number of hydrogen-bond donors (Lipinski definition) is 1. The molecule has 0 fully saturated rings. The van der Waals surface area contributed by atoms with E-state index in [0.717, 1.165) is 12.8 Å². The lowest BCUT2D eigenvalue weighted by atomic mass is 9.90. The highest BCUT2D eigenvalue weighted by Crippen LogP contribution is 2.28. The molecule has 0 saturated carbocycles. The van der Waals surface area contributed by atoms with E-state index < -0.39 is 23.6 Å². The van der Waals surface area contributed by atoms with Crippen molar-refractivity contribution in [3.8, 4) is 0 Å². The van der Waals surface area contributed by atoms with E-state index >= 15 is 0 Å². The van der Waals surface area contributed by atoms with Crippen molar-refractivity contribution in [2.24, 2.45) is 10.9 Å². The quantitative estimate of drug-likeness (QED) is 0.510. The standard InChI is InChI=1S/C20H19FN2O3/c1-26-20(25)17-18(22-11-5-8-13-6-3-2-4-7-13)15-12-14(21)9-10-16(15)23-19(17)24/h2-4,6-7,9-10,12,17H,5,8,11H2,1H3,(H,23,24). The number of esters is 1. The van der Waals surface area contributed by atoms with Crippen LogP contribution in [0, 0.1) is 11.7 Å². The van der Waals surface area contributed by atoms with Crippen LogP contribution in [0.15, 0.2) is 53.5 Å². The highest BCUT2D eigenvalue weighted by Gasteiger charge is 2.38. The summed E-state index contributed by atoms with van der Waals surface area (Å²) < 4.78 is 18.4. The number of rotatable bonds is 5. The van der Waals surface area contributed by atoms with Gasteiger partial charge >= 0.3 is 5.97 Å². The second kappa shape index (κ2) is 7.91. The van der Waals surface area contributed by atoms with Gasteiger partial charge in [0, 0.05) is 12.1 Å². The van der Waals surface area contributed by atoms with Crippen LogP contribution < -0.4 is 5.32 Å². The zero-order chi connectivity index (χ0) is 18.5. The van der Waals surface area contributed by atoms with E-state index in [9.17, 15) is 14.0 Å². The Labute approximate surface area is 150 Å². The first kappa shape index (κ1) is 17.8. The molecule has 6 heteroatoms. The third kappa shape index (κ3) is 3.79. The molecule has 1 aliphatic rings. The fraction of sp³-hybridized carbons (Fsp3) is 0.250. The number of amides is 1. The topological polar surface area (TPSA) is 67.8 Å². The van der Waals surface area contributed by atoms with Crippen LogP contribution in [0.3, 0.4) is 0 Å². The normalized spacial score (nSPS) is 17.5. The largest absolute Gasteiger partial charge is 0.468 e. The SMILES string of the molecule is COC(=O)C1C(=O)Nc2ccc(F)cc2C1=NCCCc1ccccc1. The summed E-state index contributed by atoms with van der Waals surface area (Å²) in [5.74, 6) is -2.87. The number of ether oxygens (including phenoxy) is 1. The number of aliphatic imine (C=N–C) groups is 1. The molecule has 134 valence electrons. The van der Waals surface area contributed by atoms with Crippen LogP contribution in [-0.2, 0) is 20.7 Å². The Balaban J connectivity index is 1.85. The molecule has 1 N–H and O–H groups in total. The monoisotopic (exact) mass is 354 g/mol. The van der Waals surface area contributed by atoms with E-state index in [1.807, 2.05) is 30.3 Å². The number of halogens is 1. The number of methoxy groups -OCH3 is 1. The van der Waals surface area contributed by atoms with E-state index in [1.165, 1.54) is 30.9 Å².